The first-order valence-electron chi connectivity index (χ1n) is 3.08. The molecule has 0 aliphatic rings. The van der Waals surface area contributed by atoms with Gasteiger partial charge in [0.05, 0.1) is 6.67 Å². The van der Waals surface area contributed by atoms with Crippen molar-refractivity contribution in [1.29, 1.82) is 0 Å². The summed E-state index contributed by atoms with van der Waals surface area (Å²) in [7, 11) is 0. The van der Waals surface area contributed by atoms with Gasteiger partial charge in [0.1, 0.15) is 6.34 Å². The first-order chi connectivity index (χ1) is 4.41. The van der Waals surface area contributed by atoms with E-state index in [1.54, 1.807) is 12.6 Å². The van der Waals surface area contributed by atoms with E-state index in [1.807, 2.05) is 13.8 Å². The Kier molecular flexibility index (Phi) is 6.73. The van der Waals surface area contributed by atoms with Gasteiger partial charge in [-0.1, -0.05) is 6.92 Å². The fourth-order valence-electron chi connectivity index (χ4n) is 0.331. The van der Waals surface area contributed by atoms with Crippen LogP contribution in [0.4, 0.5) is 0 Å². The zero-order valence-electron chi connectivity index (χ0n) is 5.96. The number of nitrogens with one attached hydrogen (secondary N) is 1. The molecule has 0 rings (SSSR count). The van der Waals surface area contributed by atoms with Gasteiger partial charge in [0, 0.05) is 6.21 Å². The maximum atomic E-state index is 3.92. The standard InChI is InChI=1S/C6H13N3/c1-3-7-5-9-6-8-4-2/h3,5,8H,4,6H2,1-2H3/b7-3-,9-5-. The van der Waals surface area contributed by atoms with Crippen LogP contribution in [0.1, 0.15) is 13.8 Å². The van der Waals surface area contributed by atoms with Crippen molar-refractivity contribution >= 4 is 12.6 Å². The van der Waals surface area contributed by atoms with E-state index in [0.29, 0.717) is 6.67 Å². The van der Waals surface area contributed by atoms with Crippen molar-refractivity contribution in [3.8, 4) is 0 Å². The number of hydrogen-bond donors (Lipinski definition) is 1. The van der Waals surface area contributed by atoms with Gasteiger partial charge in [-0.05, 0) is 13.5 Å². The van der Waals surface area contributed by atoms with Crippen LogP contribution in [-0.4, -0.2) is 25.8 Å². The Hall–Kier alpha value is -0.700. The SMILES string of the molecule is C/C=N\C=N/CNCC. The van der Waals surface area contributed by atoms with E-state index in [2.05, 4.69) is 15.3 Å². The number of hydrogen-bond acceptors (Lipinski definition) is 2. The third-order valence-electron chi connectivity index (χ3n) is 0.750. The highest BCUT2D eigenvalue weighted by Gasteiger charge is 1.70. The minimum Gasteiger partial charge on any atom is -0.299 e. The van der Waals surface area contributed by atoms with Crippen molar-refractivity contribution in [3.05, 3.63) is 0 Å². The maximum absolute atomic E-state index is 3.92. The second-order valence-electron chi connectivity index (χ2n) is 1.47. The molecule has 0 fully saturated rings. The van der Waals surface area contributed by atoms with Gasteiger partial charge in [-0.15, -0.1) is 0 Å². The third-order valence-corrected chi connectivity index (χ3v) is 0.750. The molecule has 0 atom stereocenters. The van der Waals surface area contributed by atoms with Crippen molar-refractivity contribution in [3.63, 3.8) is 0 Å². The Morgan fingerprint density at radius 1 is 1.56 bits per heavy atom. The lowest BCUT2D eigenvalue weighted by Crippen LogP contribution is -2.11. The molecule has 9 heavy (non-hydrogen) atoms. The smallest absolute Gasteiger partial charge is 0.111 e. The maximum Gasteiger partial charge on any atom is 0.111 e. The molecule has 3 nitrogen and oxygen atoms in total. The molecule has 0 saturated carbocycles. The molecule has 0 aromatic heterocycles. The van der Waals surface area contributed by atoms with Crippen molar-refractivity contribution in [2.45, 2.75) is 13.8 Å². The Bertz CT molecular complexity index is 96.5. The number of aliphatic imine (C=N–C) groups is 2. The molecule has 0 heterocycles. The van der Waals surface area contributed by atoms with E-state index < -0.39 is 0 Å². The predicted octanol–water partition coefficient (Wildman–Crippen LogP) is 0.672. The molecular formula is C6H13N3. The molecule has 0 amide bonds. The fraction of sp³-hybridized carbons (Fsp3) is 0.667. The minimum atomic E-state index is 0.661. The Labute approximate surface area is 55.9 Å². The Morgan fingerprint density at radius 3 is 2.89 bits per heavy atom. The topological polar surface area (TPSA) is 36.8 Å². The predicted molar refractivity (Wildman–Crippen MR) is 41.2 cm³/mol. The van der Waals surface area contributed by atoms with Gasteiger partial charge >= 0.3 is 0 Å². The van der Waals surface area contributed by atoms with E-state index in [9.17, 15) is 0 Å². The van der Waals surface area contributed by atoms with Crippen LogP contribution in [0, 0.1) is 0 Å². The zero-order chi connectivity index (χ0) is 6.95. The quantitative estimate of drug-likeness (QED) is 0.336. The number of nitrogens with zero attached hydrogens (tertiary/aromatic N) is 2. The highest BCUT2D eigenvalue weighted by atomic mass is 15.0. The largest absolute Gasteiger partial charge is 0.299 e. The Balaban J connectivity index is 3.04. The van der Waals surface area contributed by atoms with Gasteiger partial charge in [0.15, 0.2) is 0 Å². The molecule has 1 N–H and O–H groups in total. The van der Waals surface area contributed by atoms with Gasteiger partial charge in [0.25, 0.3) is 0 Å². The molecule has 0 aromatic carbocycles. The van der Waals surface area contributed by atoms with Gasteiger partial charge in [-0.25, -0.2) is 4.99 Å². The lowest BCUT2D eigenvalue weighted by molar-refractivity contribution is 0.745. The van der Waals surface area contributed by atoms with Crippen LogP contribution in [0.3, 0.4) is 0 Å². The monoisotopic (exact) mass is 127 g/mol. The van der Waals surface area contributed by atoms with Gasteiger partial charge in [-0.2, -0.15) is 0 Å². The summed E-state index contributed by atoms with van der Waals surface area (Å²) in [6.45, 7) is 5.51. The molecule has 0 aliphatic carbocycles. The average Bonchev–Trinajstić information content (AvgIpc) is 1.89. The second-order valence-corrected chi connectivity index (χ2v) is 1.47. The molecular weight excluding hydrogens is 114 g/mol. The van der Waals surface area contributed by atoms with E-state index in [-0.39, 0.29) is 0 Å². The van der Waals surface area contributed by atoms with Crippen LogP contribution in [0.15, 0.2) is 9.98 Å². The summed E-state index contributed by atoms with van der Waals surface area (Å²) in [6.07, 6.45) is 3.25. The van der Waals surface area contributed by atoms with Crippen molar-refractivity contribution in [2.75, 3.05) is 13.2 Å². The summed E-state index contributed by atoms with van der Waals surface area (Å²) < 4.78 is 0. The lowest BCUT2D eigenvalue weighted by atomic mass is 10.7. The number of rotatable bonds is 4. The molecule has 3 heteroatoms. The van der Waals surface area contributed by atoms with Crippen LogP contribution in [0.5, 0.6) is 0 Å². The second kappa shape index (κ2) is 7.30. The summed E-state index contributed by atoms with van der Waals surface area (Å²) in [5, 5.41) is 3.04. The van der Waals surface area contributed by atoms with Crippen molar-refractivity contribution in [2.24, 2.45) is 9.98 Å². The summed E-state index contributed by atoms with van der Waals surface area (Å²) in [5.74, 6) is 0. The Morgan fingerprint density at radius 2 is 2.33 bits per heavy atom. The van der Waals surface area contributed by atoms with Gasteiger partial charge < -0.3 is 0 Å². The molecule has 0 aliphatic heterocycles. The summed E-state index contributed by atoms with van der Waals surface area (Å²) in [6, 6.07) is 0. The summed E-state index contributed by atoms with van der Waals surface area (Å²) in [5.41, 5.74) is 0. The van der Waals surface area contributed by atoms with Crippen molar-refractivity contribution in [1.82, 2.24) is 5.32 Å². The molecule has 0 unspecified atom stereocenters. The third kappa shape index (κ3) is 7.30. The van der Waals surface area contributed by atoms with E-state index in [1.165, 1.54) is 0 Å². The molecule has 52 valence electrons. The highest BCUT2D eigenvalue weighted by Crippen LogP contribution is 1.62. The van der Waals surface area contributed by atoms with Crippen LogP contribution in [0.25, 0.3) is 0 Å². The minimum absolute atomic E-state index is 0.661. The molecule has 0 radical (unpaired) electrons. The van der Waals surface area contributed by atoms with Crippen molar-refractivity contribution < 1.29 is 0 Å². The van der Waals surface area contributed by atoms with E-state index in [0.717, 1.165) is 6.54 Å². The molecule has 0 aromatic rings. The molecule has 0 spiro atoms. The fourth-order valence-corrected chi connectivity index (χ4v) is 0.331. The van der Waals surface area contributed by atoms with Gasteiger partial charge in [0.2, 0.25) is 0 Å². The first kappa shape index (κ1) is 8.30. The summed E-state index contributed by atoms with van der Waals surface area (Å²) in [4.78, 5) is 7.70. The zero-order valence-corrected chi connectivity index (χ0v) is 5.96. The van der Waals surface area contributed by atoms with Crippen LogP contribution < -0.4 is 5.32 Å². The molecule has 0 saturated heterocycles. The van der Waals surface area contributed by atoms with E-state index in [4.69, 9.17) is 0 Å². The van der Waals surface area contributed by atoms with Gasteiger partial charge in [-0.3, -0.25) is 10.3 Å². The highest BCUT2D eigenvalue weighted by molar-refractivity contribution is 5.70. The summed E-state index contributed by atoms with van der Waals surface area (Å²) >= 11 is 0. The van der Waals surface area contributed by atoms with Crippen LogP contribution >= 0.6 is 0 Å². The van der Waals surface area contributed by atoms with E-state index >= 15 is 0 Å². The van der Waals surface area contributed by atoms with Crippen LogP contribution in [-0.2, 0) is 0 Å². The first-order valence-corrected chi connectivity index (χ1v) is 3.08. The molecule has 0 bridgehead atoms. The lowest BCUT2D eigenvalue weighted by Gasteiger charge is -1.89. The normalized spacial score (nSPS) is 11.8. The average molecular weight is 127 g/mol. The van der Waals surface area contributed by atoms with Crippen LogP contribution in [0.2, 0.25) is 0 Å².